The third kappa shape index (κ3) is 3.82. The van der Waals surface area contributed by atoms with Gasteiger partial charge in [0.1, 0.15) is 5.82 Å². The summed E-state index contributed by atoms with van der Waals surface area (Å²) in [5.41, 5.74) is 6.53. The number of rotatable bonds is 2. The lowest BCUT2D eigenvalue weighted by molar-refractivity contribution is 0.193. The second-order valence-corrected chi connectivity index (χ2v) is 7.71. The highest BCUT2D eigenvalue weighted by Gasteiger charge is 2.26. The van der Waals surface area contributed by atoms with E-state index in [1.54, 1.807) is 0 Å². The van der Waals surface area contributed by atoms with Gasteiger partial charge in [0.25, 0.3) is 0 Å². The Labute approximate surface area is 159 Å². The molecule has 0 bridgehead atoms. The maximum absolute atomic E-state index is 12.6. The quantitative estimate of drug-likeness (QED) is 0.681. The van der Waals surface area contributed by atoms with Crippen LogP contribution in [-0.2, 0) is 0 Å². The van der Waals surface area contributed by atoms with Crippen molar-refractivity contribution in [2.45, 2.75) is 39.5 Å². The fraction of sp³-hybridized carbons (Fsp3) is 0.364. The molecule has 4 rings (SSSR count). The first kappa shape index (κ1) is 17.6. The SMILES string of the molecule is Cc1cc(C)cc(NC(=O)N2CCC(c3nc4ccc(C)cc4[nH]3)CC2)c1. The number of H-pyrrole nitrogens is 1. The van der Waals surface area contributed by atoms with E-state index in [2.05, 4.69) is 41.5 Å². The molecule has 2 amide bonds. The third-order valence-corrected chi connectivity index (χ3v) is 5.30. The van der Waals surface area contributed by atoms with Crippen molar-refractivity contribution in [3.63, 3.8) is 0 Å². The molecule has 2 N–H and O–H groups in total. The van der Waals surface area contributed by atoms with Crippen LogP contribution in [0.25, 0.3) is 11.0 Å². The predicted octanol–water partition coefficient (Wildman–Crippen LogP) is 4.90. The number of hydrogen-bond donors (Lipinski definition) is 2. The van der Waals surface area contributed by atoms with E-state index in [1.807, 2.05) is 30.9 Å². The number of imidazole rings is 1. The molecule has 140 valence electrons. The van der Waals surface area contributed by atoms with Crippen molar-refractivity contribution >= 4 is 22.8 Å². The minimum atomic E-state index is -0.0151. The molecular formula is C22H26N4O. The number of amides is 2. The van der Waals surface area contributed by atoms with Crippen LogP contribution in [0.3, 0.4) is 0 Å². The smallest absolute Gasteiger partial charge is 0.321 e. The third-order valence-electron chi connectivity index (χ3n) is 5.30. The van der Waals surface area contributed by atoms with Crippen molar-refractivity contribution in [1.82, 2.24) is 14.9 Å². The average Bonchev–Trinajstić information content (AvgIpc) is 3.04. The lowest BCUT2D eigenvalue weighted by Crippen LogP contribution is -2.40. The van der Waals surface area contributed by atoms with Crippen LogP contribution in [0.1, 0.15) is 41.3 Å². The van der Waals surface area contributed by atoms with Crippen molar-refractivity contribution in [3.05, 3.63) is 58.9 Å². The maximum atomic E-state index is 12.6. The molecule has 3 aromatic rings. The molecule has 1 aliphatic heterocycles. The van der Waals surface area contributed by atoms with Gasteiger partial charge < -0.3 is 15.2 Å². The largest absolute Gasteiger partial charge is 0.342 e. The number of fused-ring (bicyclic) bond motifs is 1. The minimum absolute atomic E-state index is 0.0151. The predicted molar refractivity (Wildman–Crippen MR) is 109 cm³/mol. The van der Waals surface area contributed by atoms with Gasteiger partial charge >= 0.3 is 6.03 Å². The Hall–Kier alpha value is -2.82. The number of aryl methyl sites for hydroxylation is 3. The van der Waals surface area contributed by atoms with Gasteiger partial charge in [-0.1, -0.05) is 12.1 Å². The monoisotopic (exact) mass is 362 g/mol. The highest BCUT2D eigenvalue weighted by molar-refractivity contribution is 5.89. The Morgan fingerprint density at radius 2 is 1.74 bits per heavy atom. The number of carbonyl (C=O) groups is 1. The molecular weight excluding hydrogens is 336 g/mol. The van der Waals surface area contributed by atoms with Gasteiger partial charge in [-0.15, -0.1) is 0 Å². The van der Waals surface area contributed by atoms with E-state index in [0.717, 1.165) is 59.6 Å². The number of aromatic nitrogens is 2. The molecule has 0 atom stereocenters. The number of hydrogen-bond acceptors (Lipinski definition) is 2. The normalized spacial score (nSPS) is 15.3. The first-order valence-corrected chi connectivity index (χ1v) is 9.58. The molecule has 5 heteroatoms. The zero-order chi connectivity index (χ0) is 19.0. The first-order valence-electron chi connectivity index (χ1n) is 9.58. The summed E-state index contributed by atoms with van der Waals surface area (Å²) in [6.07, 6.45) is 1.86. The number of nitrogens with one attached hydrogen (secondary N) is 2. The van der Waals surface area contributed by atoms with Crippen LogP contribution in [0.5, 0.6) is 0 Å². The number of likely N-dealkylation sites (tertiary alicyclic amines) is 1. The van der Waals surface area contributed by atoms with Crippen molar-refractivity contribution in [3.8, 4) is 0 Å². The van der Waals surface area contributed by atoms with Crippen LogP contribution in [0.4, 0.5) is 10.5 Å². The first-order chi connectivity index (χ1) is 13.0. The van der Waals surface area contributed by atoms with Crippen LogP contribution < -0.4 is 5.32 Å². The molecule has 1 saturated heterocycles. The highest BCUT2D eigenvalue weighted by Crippen LogP contribution is 2.28. The molecule has 2 heterocycles. The second-order valence-electron chi connectivity index (χ2n) is 7.71. The topological polar surface area (TPSA) is 61.0 Å². The maximum Gasteiger partial charge on any atom is 0.321 e. The van der Waals surface area contributed by atoms with Gasteiger partial charge in [0.2, 0.25) is 0 Å². The molecule has 1 fully saturated rings. The van der Waals surface area contributed by atoms with Crippen LogP contribution in [0, 0.1) is 20.8 Å². The summed E-state index contributed by atoms with van der Waals surface area (Å²) in [6.45, 7) is 7.67. The van der Waals surface area contributed by atoms with E-state index in [4.69, 9.17) is 4.98 Å². The van der Waals surface area contributed by atoms with Crippen molar-refractivity contribution < 1.29 is 4.79 Å². The van der Waals surface area contributed by atoms with Gasteiger partial charge in [0.15, 0.2) is 0 Å². The summed E-state index contributed by atoms with van der Waals surface area (Å²) in [7, 11) is 0. The number of anilines is 1. The molecule has 1 aliphatic rings. The number of carbonyl (C=O) groups excluding carboxylic acids is 1. The van der Waals surface area contributed by atoms with E-state index in [-0.39, 0.29) is 6.03 Å². The second kappa shape index (κ2) is 7.06. The number of benzene rings is 2. The molecule has 0 unspecified atom stereocenters. The lowest BCUT2D eigenvalue weighted by atomic mass is 9.96. The minimum Gasteiger partial charge on any atom is -0.342 e. The van der Waals surface area contributed by atoms with Gasteiger partial charge in [-0.25, -0.2) is 9.78 Å². The van der Waals surface area contributed by atoms with E-state index >= 15 is 0 Å². The van der Waals surface area contributed by atoms with Gasteiger partial charge in [-0.2, -0.15) is 0 Å². The van der Waals surface area contributed by atoms with Crippen molar-refractivity contribution in [1.29, 1.82) is 0 Å². The Morgan fingerprint density at radius 3 is 2.44 bits per heavy atom. The Bertz CT molecular complexity index is 963. The van der Waals surface area contributed by atoms with Crippen molar-refractivity contribution in [2.24, 2.45) is 0 Å². The van der Waals surface area contributed by atoms with Gasteiger partial charge in [-0.05, 0) is 74.6 Å². The fourth-order valence-corrected chi connectivity index (χ4v) is 3.94. The fourth-order valence-electron chi connectivity index (χ4n) is 3.94. The van der Waals surface area contributed by atoms with E-state index in [0.29, 0.717) is 5.92 Å². The van der Waals surface area contributed by atoms with Gasteiger partial charge in [0.05, 0.1) is 11.0 Å². The zero-order valence-electron chi connectivity index (χ0n) is 16.2. The molecule has 27 heavy (non-hydrogen) atoms. The summed E-state index contributed by atoms with van der Waals surface area (Å²) in [5, 5.41) is 3.04. The number of aromatic amines is 1. The highest BCUT2D eigenvalue weighted by atomic mass is 16.2. The lowest BCUT2D eigenvalue weighted by Gasteiger charge is -2.31. The molecule has 0 saturated carbocycles. The molecule has 0 spiro atoms. The number of urea groups is 1. The molecule has 0 radical (unpaired) electrons. The standard InChI is InChI=1S/C22H26N4O/c1-14-4-5-19-20(13-14)25-21(24-19)17-6-8-26(9-7-17)22(27)23-18-11-15(2)10-16(3)12-18/h4-5,10-13,17H,6-9H2,1-3H3,(H,23,27)(H,24,25). The number of piperidine rings is 1. The van der Waals surface area contributed by atoms with Crippen LogP contribution in [-0.4, -0.2) is 34.0 Å². The summed E-state index contributed by atoms with van der Waals surface area (Å²) in [5.74, 6) is 1.42. The number of nitrogens with zero attached hydrogens (tertiary/aromatic N) is 2. The van der Waals surface area contributed by atoms with Gasteiger partial charge in [0, 0.05) is 24.7 Å². The van der Waals surface area contributed by atoms with Gasteiger partial charge in [-0.3, -0.25) is 0 Å². The summed E-state index contributed by atoms with van der Waals surface area (Å²) >= 11 is 0. The molecule has 5 nitrogen and oxygen atoms in total. The Kier molecular flexibility index (Phi) is 4.60. The van der Waals surface area contributed by atoms with Crippen molar-refractivity contribution in [2.75, 3.05) is 18.4 Å². The molecule has 0 aliphatic carbocycles. The zero-order valence-corrected chi connectivity index (χ0v) is 16.2. The molecule has 1 aromatic heterocycles. The van der Waals surface area contributed by atoms with E-state index < -0.39 is 0 Å². The Morgan fingerprint density at radius 1 is 1.04 bits per heavy atom. The van der Waals surface area contributed by atoms with Crippen LogP contribution >= 0.6 is 0 Å². The average molecular weight is 362 g/mol. The summed E-state index contributed by atoms with van der Waals surface area (Å²) in [6, 6.07) is 12.4. The van der Waals surface area contributed by atoms with Crippen LogP contribution in [0.15, 0.2) is 36.4 Å². The Balaban J connectivity index is 1.39. The summed E-state index contributed by atoms with van der Waals surface area (Å²) in [4.78, 5) is 22.7. The molecule has 2 aromatic carbocycles. The van der Waals surface area contributed by atoms with E-state index in [1.165, 1.54) is 5.56 Å². The summed E-state index contributed by atoms with van der Waals surface area (Å²) < 4.78 is 0. The van der Waals surface area contributed by atoms with E-state index in [9.17, 15) is 4.79 Å². The van der Waals surface area contributed by atoms with Crippen LogP contribution in [0.2, 0.25) is 0 Å².